The molecule has 7 heteroatoms. The Morgan fingerprint density at radius 1 is 1.03 bits per heavy atom. The Labute approximate surface area is 166 Å². The van der Waals surface area contributed by atoms with E-state index in [0.29, 0.717) is 5.56 Å². The van der Waals surface area contributed by atoms with Crippen LogP contribution in [-0.4, -0.2) is 29.3 Å². The van der Waals surface area contributed by atoms with Crippen LogP contribution in [0.4, 0.5) is 14.9 Å². The van der Waals surface area contributed by atoms with E-state index >= 15 is 0 Å². The van der Waals surface area contributed by atoms with E-state index in [2.05, 4.69) is 10.6 Å². The van der Waals surface area contributed by atoms with Crippen LogP contribution >= 0.6 is 0 Å². The minimum atomic E-state index is -1.31. The topological polar surface area (TPSA) is 78.5 Å². The number of amides is 4. The number of urea groups is 1. The summed E-state index contributed by atoms with van der Waals surface area (Å²) in [7, 11) is 0. The van der Waals surface area contributed by atoms with Crippen molar-refractivity contribution in [1.29, 1.82) is 0 Å². The molecule has 2 N–H and O–H groups in total. The summed E-state index contributed by atoms with van der Waals surface area (Å²) in [6.07, 6.45) is 0. The monoisotopic (exact) mass is 391 g/mol. The molecular formula is C22H18FN3O3. The van der Waals surface area contributed by atoms with Crippen molar-refractivity contribution < 1.29 is 18.8 Å². The summed E-state index contributed by atoms with van der Waals surface area (Å²) in [5.41, 5.74) is -0.678. The first-order valence-corrected chi connectivity index (χ1v) is 9.07. The zero-order valence-corrected chi connectivity index (χ0v) is 15.6. The van der Waals surface area contributed by atoms with Gasteiger partial charge in [-0.2, -0.15) is 0 Å². The molecule has 0 aromatic heterocycles. The van der Waals surface area contributed by atoms with Crippen molar-refractivity contribution in [3.8, 4) is 0 Å². The Morgan fingerprint density at radius 2 is 1.72 bits per heavy atom. The second-order valence-electron chi connectivity index (χ2n) is 7.00. The molecule has 0 saturated carbocycles. The van der Waals surface area contributed by atoms with Crippen molar-refractivity contribution in [2.45, 2.75) is 12.5 Å². The van der Waals surface area contributed by atoms with E-state index in [-0.39, 0.29) is 5.69 Å². The van der Waals surface area contributed by atoms with Gasteiger partial charge in [0.2, 0.25) is 5.91 Å². The van der Waals surface area contributed by atoms with Gasteiger partial charge in [0.15, 0.2) is 0 Å². The van der Waals surface area contributed by atoms with Crippen molar-refractivity contribution in [2.24, 2.45) is 0 Å². The lowest BCUT2D eigenvalue weighted by Crippen LogP contribution is -2.42. The van der Waals surface area contributed by atoms with Gasteiger partial charge >= 0.3 is 6.03 Å². The van der Waals surface area contributed by atoms with Crippen LogP contribution in [0.5, 0.6) is 0 Å². The smallest absolute Gasteiger partial charge is 0.322 e. The van der Waals surface area contributed by atoms with Gasteiger partial charge in [-0.3, -0.25) is 14.5 Å². The van der Waals surface area contributed by atoms with E-state index in [1.54, 1.807) is 19.1 Å². The number of anilines is 1. The van der Waals surface area contributed by atoms with E-state index in [1.165, 1.54) is 18.2 Å². The van der Waals surface area contributed by atoms with Crippen molar-refractivity contribution in [2.75, 3.05) is 11.9 Å². The second kappa shape index (κ2) is 7.01. The average molecular weight is 391 g/mol. The van der Waals surface area contributed by atoms with Crippen LogP contribution in [0.2, 0.25) is 0 Å². The number of carbonyl (C=O) groups is 3. The maximum Gasteiger partial charge on any atom is 0.325 e. The van der Waals surface area contributed by atoms with Crippen molar-refractivity contribution >= 4 is 34.3 Å². The molecule has 1 aliphatic rings. The van der Waals surface area contributed by atoms with Gasteiger partial charge in [-0.25, -0.2) is 9.18 Å². The predicted octanol–water partition coefficient (Wildman–Crippen LogP) is 3.38. The Kier molecular flexibility index (Phi) is 4.50. The maximum absolute atomic E-state index is 13.7. The van der Waals surface area contributed by atoms with Gasteiger partial charge in [0.25, 0.3) is 5.91 Å². The number of hydrogen-bond donors (Lipinski definition) is 2. The minimum Gasteiger partial charge on any atom is -0.322 e. The third kappa shape index (κ3) is 3.20. The van der Waals surface area contributed by atoms with Crippen molar-refractivity contribution in [1.82, 2.24) is 10.2 Å². The summed E-state index contributed by atoms with van der Waals surface area (Å²) in [6.45, 7) is 1.10. The van der Waals surface area contributed by atoms with Gasteiger partial charge in [0, 0.05) is 0 Å². The Balaban J connectivity index is 1.60. The van der Waals surface area contributed by atoms with E-state index < -0.39 is 35.7 Å². The fraction of sp³-hybridized carbons (Fsp3) is 0.136. The molecule has 0 spiro atoms. The number of fused-ring (bicyclic) bond motifs is 1. The standard InChI is InChI=1S/C22H18FN3O3/c1-22(16-10-6-8-14-7-2-3-9-15(14)16)20(28)26(21(29)25-22)13-19(27)24-18-12-5-4-11-17(18)23/h2-12H,13H2,1H3,(H,24,27)(H,25,29). The van der Waals surface area contributed by atoms with Crippen LogP contribution in [0.3, 0.4) is 0 Å². The van der Waals surface area contributed by atoms with Crippen LogP contribution in [0, 0.1) is 5.82 Å². The fourth-order valence-electron chi connectivity index (χ4n) is 3.58. The van der Waals surface area contributed by atoms with Crippen LogP contribution in [0.25, 0.3) is 10.8 Å². The average Bonchev–Trinajstić information content (AvgIpc) is 2.93. The molecule has 146 valence electrons. The van der Waals surface area contributed by atoms with E-state index in [9.17, 15) is 18.8 Å². The predicted molar refractivity (Wildman–Crippen MR) is 107 cm³/mol. The number of para-hydroxylation sites is 1. The third-order valence-corrected chi connectivity index (χ3v) is 5.05. The van der Waals surface area contributed by atoms with Crippen LogP contribution in [-0.2, 0) is 15.1 Å². The number of hydrogen-bond acceptors (Lipinski definition) is 3. The lowest BCUT2D eigenvalue weighted by Gasteiger charge is -2.24. The Bertz CT molecular complexity index is 1140. The number of rotatable bonds is 4. The highest BCUT2D eigenvalue weighted by Crippen LogP contribution is 2.33. The highest BCUT2D eigenvalue weighted by molar-refractivity contribution is 6.11. The van der Waals surface area contributed by atoms with Gasteiger partial charge in [-0.1, -0.05) is 54.6 Å². The SMILES string of the molecule is CC1(c2cccc3ccccc23)NC(=O)N(CC(=O)Nc2ccccc2F)C1=O. The van der Waals surface area contributed by atoms with Gasteiger partial charge in [-0.05, 0) is 35.4 Å². The second-order valence-corrected chi connectivity index (χ2v) is 7.00. The summed E-state index contributed by atoms with van der Waals surface area (Å²) >= 11 is 0. The lowest BCUT2D eigenvalue weighted by atomic mass is 9.88. The quantitative estimate of drug-likeness (QED) is 0.669. The summed E-state index contributed by atoms with van der Waals surface area (Å²) in [4.78, 5) is 38.8. The zero-order chi connectivity index (χ0) is 20.6. The molecule has 6 nitrogen and oxygen atoms in total. The molecule has 0 aliphatic carbocycles. The molecule has 1 heterocycles. The highest BCUT2D eigenvalue weighted by Gasteiger charge is 2.50. The Hall–Kier alpha value is -3.74. The van der Waals surface area contributed by atoms with Crippen LogP contribution < -0.4 is 10.6 Å². The highest BCUT2D eigenvalue weighted by atomic mass is 19.1. The van der Waals surface area contributed by atoms with Gasteiger partial charge in [-0.15, -0.1) is 0 Å². The van der Waals surface area contributed by atoms with E-state index in [0.717, 1.165) is 15.7 Å². The summed E-state index contributed by atoms with van der Waals surface area (Å²) in [6, 6.07) is 18.1. The largest absolute Gasteiger partial charge is 0.325 e. The fourth-order valence-corrected chi connectivity index (χ4v) is 3.58. The van der Waals surface area contributed by atoms with E-state index in [1.807, 2.05) is 36.4 Å². The summed E-state index contributed by atoms with van der Waals surface area (Å²) < 4.78 is 13.7. The molecule has 1 fully saturated rings. The van der Waals surface area contributed by atoms with E-state index in [4.69, 9.17) is 0 Å². The molecule has 29 heavy (non-hydrogen) atoms. The first kappa shape index (κ1) is 18.6. The number of halogens is 1. The molecule has 4 rings (SSSR count). The number of nitrogens with one attached hydrogen (secondary N) is 2. The number of carbonyl (C=O) groups excluding carboxylic acids is 3. The number of nitrogens with zero attached hydrogens (tertiary/aromatic N) is 1. The normalized spacial score (nSPS) is 18.8. The molecule has 0 bridgehead atoms. The minimum absolute atomic E-state index is 0.0126. The molecule has 1 saturated heterocycles. The third-order valence-electron chi connectivity index (χ3n) is 5.05. The van der Waals surface area contributed by atoms with Gasteiger partial charge < -0.3 is 10.6 Å². The van der Waals surface area contributed by atoms with Crippen LogP contribution in [0.15, 0.2) is 66.7 Å². The number of imide groups is 1. The van der Waals surface area contributed by atoms with Gasteiger partial charge in [0.1, 0.15) is 17.9 Å². The van der Waals surface area contributed by atoms with Crippen molar-refractivity contribution in [3.05, 3.63) is 78.1 Å². The summed E-state index contributed by atoms with van der Waals surface area (Å²) in [5, 5.41) is 6.86. The van der Waals surface area contributed by atoms with Crippen LogP contribution in [0.1, 0.15) is 12.5 Å². The van der Waals surface area contributed by atoms with Gasteiger partial charge in [0.05, 0.1) is 5.69 Å². The molecule has 3 aromatic carbocycles. The number of benzene rings is 3. The molecular weight excluding hydrogens is 373 g/mol. The Morgan fingerprint density at radius 3 is 2.52 bits per heavy atom. The molecule has 0 radical (unpaired) electrons. The van der Waals surface area contributed by atoms with Crippen molar-refractivity contribution in [3.63, 3.8) is 0 Å². The molecule has 1 aliphatic heterocycles. The molecule has 4 amide bonds. The zero-order valence-electron chi connectivity index (χ0n) is 15.6. The molecule has 1 atom stereocenters. The summed E-state index contributed by atoms with van der Waals surface area (Å²) in [5.74, 6) is -1.80. The molecule has 1 unspecified atom stereocenters. The molecule has 3 aromatic rings. The first-order valence-electron chi connectivity index (χ1n) is 9.07. The maximum atomic E-state index is 13.7. The first-order chi connectivity index (χ1) is 13.9. The lowest BCUT2D eigenvalue weighted by molar-refractivity contribution is -0.133.